The van der Waals surface area contributed by atoms with Gasteiger partial charge in [-0.1, -0.05) is 412 Å². The first kappa shape index (κ1) is 77.3. The molecule has 1 amide bonds. The van der Waals surface area contributed by atoms with Crippen molar-refractivity contribution in [1.82, 2.24) is 5.32 Å². The summed E-state index contributed by atoms with van der Waals surface area (Å²) < 4.78 is 0. The Bertz CT molecular complexity index is 1100. The number of amides is 1. The molecule has 0 radical (unpaired) electrons. The minimum atomic E-state index is -1.26. The van der Waals surface area contributed by atoms with E-state index < -0.39 is 36.9 Å². The molecule has 0 rings (SSSR count). The van der Waals surface area contributed by atoms with E-state index in [1.807, 2.05) is 0 Å². The summed E-state index contributed by atoms with van der Waals surface area (Å²) in [5, 5.41) is 44.3. The summed E-state index contributed by atoms with van der Waals surface area (Å²) >= 11 is 0. The zero-order valence-corrected chi connectivity index (χ0v) is 53.5. The van der Waals surface area contributed by atoms with E-state index in [1.54, 1.807) is 0 Å². The second-order valence-corrected chi connectivity index (χ2v) is 25.7. The van der Waals surface area contributed by atoms with Crippen LogP contribution in [-0.2, 0) is 4.79 Å². The summed E-state index contributed by atoms with van der Waals surface area (Å²) in [5.41, 5.74) is 0. The number of aliphatic hydroxyl groups excluding tert-OH is 4. The highest BCUT2D eigenvalue weighted by atomic mass is 16.3. The standard InChI is InChI=1S/C72H145NO5/c1-3-5-7-9-11-13-15-17-19-21-23-25-27-29-31-32-33-34-35-36-37-38-39-40-42-44-46-48-50-52-54-56-58-60-62-64-66-70(76)72(78)73-68(67-74)71(77)69(75)65-63-61-59-57-55-53-51-49-47-45-43-41-30-28-26-24-22-20-18-16-14-12-10-8-6-4-2/h68-71,74-77H,3-67H2,1-2H3,(H,73,78). The van der Waals surface area contributed by atoms with Crippen LogP contribution in [0.25, 0.3) is 0 Å². The maximum absolute atomic E-state index is 12.7. The first-order chi connectivity index (χ1) is 38.5. The second-order valence-electron chi connectivity index (χ2n) is 25.7. The molecule has 0 saturated heterocycles. The quantitative estimate of drug-likeness (QED) is 0.0390. The fourth-order valence-corrected chi connectivity index (χ4v) is 12.2. The van der Waals surface area contributed by atoms with Crippen LogP contribution in [0.3, 0.4) is 0 Å². The molecule has 6 heteroatoms. The molecule has 4 unspecified atom stereocenters. The van der Waals surface area contributed by atoms with Crippen molar-refractivity contribution in [3.8, 4) is 0 Å². The molecule has 0 heterocycles. The third-order valence-electron chi connectivity index (χ3n) is 17.8. The molecule has 0 aromatic carbocycles. The van der Waals surface area contributed by atoms with E-state index in [0.717, 1.165) is 38.5 Å². The Morgan fingerprint density at radius 3 is 0.615 bits per heavy atom. The molecule has 4 atom stereocenters. The van der Waals surface area contributed by atoms with Crippen LogP contribution in [0.4, 0.5) is 0 Å². The lowest BCUT2D eigenvalue weighted by molar-refractivity contribution is -0.132. The summed E-state index contributed by atoms with van der Waals surface area (Å²) in [6.45, 7) is 4.12. The molecule has 0 aliphatic carbocycles. The van der Waals surface area contributed by atoms with Crippen molar-refractivity contribution in [2.24, 2.45) is 0 Å². The van der Waals surface area contributed by atoms with Crippen LogP contribution in [0.2, 0.25) is 0 Å². The number of carbonyl (C=O) groups is 1. The van der Waals surface area contributed by atoms with Crippen molar-refractivity contribution in [1.29, 1.82) is 0 Å². The highest BCUT2D eigenvalue weighted by Gasteiger charge is 2.28. The zero-order chi connectivity index (χ0) is 56.6. The molecule has 0 aromatic rings. The molecular formula is C72H145NO5. The van der Waals surface area contributed by atoms with Gasteiger partial charge in [0.15, 0.2) is 0 Å². The Morgan fingerprint density at radius 2 is 0.436 bits per heavy atom. The van der Waals surface area contributed by atoms with Crippen molar-refractivity contribution in [2.75, 3.05) is 6.61 Å². The predicted octanol–water partition coefficient (Wildman–Crippen LogP) is 22.6. The van der Waals surface area contributed by atoms with Gasteiger partial charge in [-0.05, 0) is 12.8 Å². The van der Waals surface area contributed by atoms with E-state index >= 15 is 0 Å². The van der Waals surface area contributed by atoms with Crippen LogP contribution >= 0.6 is 0 Å². The topological polar surface area (TPSA) is 110 Å². The summed E-state index contributed by atoms with van der Waals surface area (Å²) in [6, 6.07) is -0.982. The molecule has 0 aromatic heterocycles. The van der Waals surface area contributed by atoms with Crippen molar-refractivity contribution in [3.63, 3.8) is 0 Å². The van der Waals surface area contributed by atoms with Crippen LogP contribution in [0.15, 0.2) is 0 Å². The molecule has 78 heavy (non-hydrogen) atoms. The zero-order valence-electron chi connectivity index (χ0n) is 53.5. The van der Waals surface area contributed by atoms with Crippen LogP contribution in [0.1, 0.15) is 425 Å². The van der Waals surface area contributed by atoms with Crippen LogP contribution in [-0.4, -0.2) is 57.3 Å². The van der Waals surface area contributed by atoms with Crippen LogP contribution < -0.4 is 5.32 Å². The molecule has 0 aliphatic rings. The highest BCUT2D eigenvalue weighted by Crippen LogP contribution is 2.21. The van der Waals surface area contributed by atoms with E-state index in [1.165, 1.54) is 360 Å². The highest BCUT2D eigenvalue weighted by molar-refractivity contribution is 5.80. The average Bonchev–Trinajstić information content (AvgIpc) is 3.45. The lowest BCUT2D eigenvalue weighted by atomic mass is 9.99. The molecule has 0 fully saturated rings. The maximum atomic E-state index is 12.7. The Hall–Kier alpha value is -0.690. The number of nitrogens with one attached hydrogen (secondary N) is 1. The normalized spacial score (nSPS) is 13.4. The molecule has 0 spiro atoms. The van der Waals surface area contributed by atoms with Gasteiger partial charge in [0.1, 0.15) is 12.2 Å². The van der Waals surface area contributed by atoms with E-state index in [0.29, 0.717) is 12.8 Å². The van der Waals surface area contributed by atoms with Gasteiger partial charge in [0.25, 0.3) is 0 Å². The lowest BCUT2D eigenvalue weighted by Crippen LogP contribution is -2.53. The summed E-state index contributed by atoms with van der Waals surface area (Å²) in [5.74, 6) is -0.572. The minimum Gasteiger partial charge on any atom is -0.394 e. The van der Waals surface area contributed by atoms with Gasteiger partial charge in [0.2, 0.25) is 5.91 Å². The fraction of sp³-hybridized carbons (Fsp3) is 0.986. The van der Waals surface area contributed by atoms with E-state index in [9.17, 15) is 25.2 Å². The van der Waals surface area contributed by atoms with Crippen LogP contribution in [0, 0.1) is 0 Å². The van der Waals surface area contributed by atoms with Crippen LogP contribution in [0.5, 0.6) is 0 Å². The lowest BCUT2D eigenvalue weighted by Gasteiger charge is -2.27. The van der Waals surface area contributed by atoms with E-state index in [2.05, 4.69) is 19.2 Å². The Morgan fingerprint density at radius 1 is 0.269 bits per heavy atom. The summed E-state index contributed by atoms with van der Waals surface area (Å²) in [6.07, 6.45) is 82.5. The average molecular weight is 1100 g/mol. The maximum Gasteiger partial charge on any atom is 0.249 e. The number of hydrogen-bond donors (Lipinski definition) is 5. The van der Waals surface area contributed by atoms with Crippen molar-refractivity contribution in [3.05, 3.63) is 0 Å². The van der Waals surface area contributed by atoms with Gasteiger partial charge >= 0.3 is 0 Å². The molecule has 0 bridgehead atoms. The molecule has 0 aliphatic heterocycles. The Balaban J connectivity index is 3.48. The number of rotatable bonds is 69. The smallest absolute Gasteiger partial charge is 0.249 e. The van der Waals surface area contributed by atoms with Gasteiger partial charge in [-0.3, -0.25) is 4.79 Å². The number of carbonyl (C=O) groups excluding carboxylic acids is 1. The van der Waals surface area contributed by atoms with Gasteiger partial charge < -0.3 is 25.7 Å². The van der Waals surface area contributed by atoms with E-state index in [4.69, 9.17) is 0 Å². The van der Waals surface area contributed by atoms with Gasteiger partial charge in [-0.25, -0.2) is 0 Å². The molecular weight excluding hydrogens is 959 g/mol. The first-order valence-electron chi connectivity index (χ1n) is 36.4. The predicted molar refractivity (Wildman–Crippen MR) is 344 cm³/mol. The number of aliphatic hydroxyl groups is 4. The fourth-order valence-electron chi connectivity index (χ4n) is 12.2. The minimum absolute atomic E-state index is 0.377. The number of unbranched alkanes of at least 4 members (excludes halogenated alkanes) is 60. The van der Waals surface area contributed by atoms with Gasteiger partial charge in [0, 0.05) is 0 Å². The second kappa shape index (κ2) is 67.1. The monoisotopic (exact) mass is 1100 g/mol. The Kier molecular flexibility index (Phi) is 66.5. The van der Waals surface area contributed by atoms with Gasteiger partial charge in [0.05, 0.1) is 18.8 Å². The summed E-state index contributed by atoms with van der Waals surface area (Å²) in [7, 11) is 0. The van der Waals surface area contributed by atoms with Gasteiger partial charge in [-0.2, -0.15) is 0 Å². The molecule has 468 valence electrons. The Labute approximate surface area is 490 Å². The van der Waals surface area contributed by atoms with Crippen molar-refractivity contribution >= 4 is 5.91 Å². The largest absolute Gasteiger partial charge is 0.394 e. The van der Waals surface area contributed by atoms with Crippen molar-refractivity contribution in [2.45, 2.75) is 449 Å². The molecule has 0 saturated carbocycles. The summed E-state index contributed by atoms with van der Waals surface area (Å²) in [4.78, 5) is 12.7. The van der Waals surface area contributed by atoms with E-state index in [-0.39, 0.29) is 0 Å². The third-order valence-corrected chi connectivity index (χ3v) is 17.8. The van der Waals surface area contributed by atoms with Crippen molar-refractivity contribution < 1.29 is 25.2 Å². The molecule has 6 nitrogen and oxygen atoms in total. The SMILES string of the molecule is CCCCCCCCCCCCCCCCCCCCCCCCCCCCCCCCCCCCCCC(O)C(=O)NC(CO)C(O)C(O)CCCCCCCCCCCCCCCCCCCCCCCCCCCC. The van der Waals surface area contributed by atoms with Gasteiger partial charge in [-0.15, -0.1) is 0 Å². The number of hydrogen-bond acceptors (Lipinski definition) is 5. The molecule has 5 N–H and O–H groups in total. The third kappa shape index (κ3) is 59.9. The first-order valence-corrected chi connectivity index (χ1v) is 36.4.